The highest BCUT2D eigenvalue weighted by Gasteiger charge is 2.57. The molecule has 0 amide bonds. The molecule has 0 spiro atoms. The van der Waals surface area contributed by atoms with E-state index in [2.05, 4.69) is 0 Å². The third kappa shape index (κ3) is 2.67. The predicted octanol–water partition coefficient (Wildman–Crippen LogP) is 1.37. The quantitative estimate of drug-likeness (QED) is 0.619. The highest BCUT2D eigenvalue weighted by atomic mass is 35.5. The molecule has 0 radical (unpaired) electrons. The second-order valence-corrected chi connectivity index (χ2v) is 7.18. The Balaban J connectivity index is 2.34. The number of hydroxylamine groups is 1. The number of benzene rings is 1. The average Bonchev–Trinajstić information content (AvgIpc) is 2.65. The summed E-state index contributed by atoms with van der Waals surface area (Å²) in [5, 5.41) is 0. The van der Waals surface area contributed by atoms with Crippen LogP contribution in [-0.2, 0) is 19.4 Å². The van der Waals surface area contributed by atoms with Gasteiger partial charge >= 0.3 is 5.97 Å². The molecule has 1 aromatic rings. The molecule has 1 aliphatic rings. The van der Waals surface area contributed by atoms with Gasteiger partial charge in [0.25, 0.3) is 4.93 Å². The topological polar surface area (TPSA) is 72.9 Å². The van der Waals surface area contributed by atoms with Gasteiger partial charge in [-0.1, -0.05) is 22.8 Å². The maximum absolute atomic E-state index is 12.1. The smallest absolute Gasteiger partial charge is 0.339 e. The van der Waals surface area contributed by atoms with Gasteiger partial charge < -0.3 is 4.74 Å². The monoisotopic (exact) mass is 319 g/mol. The molecule has 1 aliphatic heterocycles. The van der Waals surface area contributed by atoms with Gasteiger partial charge in [0.1, 0.15) is 6.10 Å². The third-order valence-corrected chi connectivity index (χ3v) is 5.14. The largest absolute Gasteiger partial charge is 0.435 e. The van der Waals surface area contributed by atoms with Gasteiger partial charge in [0.15, 0.2) is 9.84 Å². The maximum atomic E-state index is 12.1. The molecule has 2 atom stereocenters. The normalized spacial score (nSPS) is 27.4. The fourth-order valence-corrected chi connectivity index (χ4v) is 3.58. The Hall–Kier alpha value is -1.15. The Labute approximate surface area is 122 Å². The molecule has 0 bridgehead atoms. The number of hydrogen-bond donors (Lipinski definition) is 0. The van der Waals surface area contributed by atoms with E-state index in [-0.39, 0.29) is 12.1 Å². The first-order valence-corrected chi connectivity index (χ1v) is 8.07. The van der Waals surface area contributed by atoms with Crippen molar-refractivity contribution in [3.63, 3.8) is 0 Å². The highest BCUT2D eigenvalue weighted by Crippen LogP contribution is 2.35. The first-order chi connectivity index (χ1) is 9.26. The first-order valence-electron chi connectivity index (χ1n) is 5.84. The van der Waals surface area contributed by atoms with Crippen molar-refractivity contribution in [2.45, 2.75) is 18.0 Å². The number of hydrogen-bond acceptors (Lipinski definition) is 6. The summed E-state index contributed by atoms with van der Waals surface area (Å²) < 4.78 is 30.2. The molecule has 1 aromatic carbocycles. The zero-order valence-corrected chi connectivity index (χ0v) is 12.5. The van der Waals surface area contributed by atoms with Crippen LogP contribution >= 0.6 is 11.8 Å². The molecule has 0 aromatic heterocycles. The Morgan fingerprint density at radius 3 is 2.50 bits per heavy atom. The first kappa shape index (κ1) is 15.2. The van der Waals surface area contributed by atoms with Crippen LogP contribution in [0.2, 0.25) is 0 Å². The van der Waals surface area contributed by atoms with E-state index in [0.717, 1.165) is 10.8 Å². The summed E-state index contributed by atoms with van der Waals surface area (Å²) in [5.41, 5.74) is 0.260. The predicted molar refractivity (Wildman–Crippen MR) is 72.5 cm³/mol. The van der Waals surface area contributed by atoms with Crippen molar-refractivity contribution in [2.24, 2.45) is 0 Å². The molecule has 0 N–H and O–H groups in total. The molecule has 0 aliphatic carbocycles. The molecule has 110 valence electrons. The molecule has 0 saturated carbocycles. The lowest BCUT2D eigenvalue weighted by molar-refractivity contribution is -0.0821. The van der Waals surface area contributed by atoms with Gasteiger partial charge in [-0.05, 0) is 19.1 Å². The Morgan fingerprint density at radius 1 is 1.45 bits per heavy atom. The minimum absolute atomic E-state index is 0.257. The van der Waals surface area contributed by atoms with Crippen molar-refractivity contribution >= 4 is 27.6 Å². The lowest BCUT2D eigenvalue weighted by Gasteiger charge is -2.28. The van der Waals surface area contributed by atoms with Gasteiger partial charge in [0.2, 0.25) is 0 Å². The molecular formula is C12H14ClNO5S. The van der Waals surface area contributed by atoms with E-state index in [1.54, 1.807) is 18.2 Å². The van der Waals surface area contributed by atoms with Crippen LogP contribution in [0.15, 0.2) is 30.3 Å². The fraction of sp³-hybridized carbons (Fsp3) is 0.417. The van der Waals surface area contributed by atoms with E-state index in [0.29, 0.717) is 0 Å². The summed E-state index contributed by atoms with van der Waals surface area (Å²) in [6.07, 6.45) is 0.0870. The van der Waals surface area contributed by atoms with E-state index >= 15 is 0 Å². The highest BCUT2D eigenvalue weighted by molar-refractivity contribution is 7.92. The number of nitrogens with zero attached hydrogens (tertiary/aromatic N) is 1. The van der Waals surface area contributed by atoms with Crippen LogP contribution in [0.4, 0.5) is 0 Å². The van der Waals surface area contributed by atoms with Crippen molar-refractivity contribution in [1.82, 2.24) is 4.58 Å². The lowest BCUT2D eigenvalue weighted by Crippen LogP contribution is -2.51. The Morgan fingerprint density at radius 2 is 2.05 bits per heavy atom. The second-order valence-electron chi connectivity index (χ2n) is 4.56. The Bertz CT molecular complexity index is 606. The van der Waals surface area contributed by atoms with Crippen LogP contribution in [0.1, 0.15) is 17.3 Å². The number of carbonyl (C=O) groups excluding carboxylic acids is 1. The molecule has 2 unspecified atom stereocenters. The van der Waals surface area contributed by atoms with E-state index < -0.39 is 26.8 Å². The Kier molecular flexibility index (Phi) is 4.06. The van der Waals surface area contributed by atoms with Crippen LogP contribution < -0.4 is 0 Å². The summed E-state index contributed by atoms with van der Waals surface area (Å²) in [6, 6.07) is 8.14. The molecular weight excluding hydrogens is 306 g/mol. The van der Waals surface area contributed by atoms with E-state index in [1.807, 2.05) is 0 Å². The van der Waals surface area contributed by atoms with Gasteiger partial charge in [-0.3, -0.25) is 4.84 Å². The van der Waals surface area contributed by atoms with Crippen molar-refractivity contribution in [3.05, 3.63) is 35.9 Å². The molecule has 1 fully saturated rings. The standard InChI is InChI=1S/C12H14ClNO5S/c1-9-12(20(2,16)17,8-14(13)19-9)18-11(15)10-6-4-3-5-7-10/h3-7,9H,8H2,1-2H3. The SMILES string of the molecule is CC1ON(Cl)CC1(OC(=O)c1ccccc1)S(C)(=O)=O. The fourth-order valence-electron chi connectivity index (χ4n) is 1.99. The summed E-state index contributed by atoms with van der Waals surface area (Å²) in [5.74, 6) is -0.738. The van der Waals surface area contributed by atoms with Gasteiger partial charge in [-0.15, -0.1) is 0 Å². The maximum Gasteiger partial charge on any atom is 0.339 e. The number of ether oxygens (including phenoxy) is 1. The minimum Gasteiger partial charge on any atom is -0.435 e. The number of esters is 1. The van der Waals surface area contributed by atoms with E-state index in [9.17, 15) is 13.2 Å². The molecule has 2 rings (SSSR count). The molecule has 1 saturated heterocycles. The number of sulfone groups is 1. The van der Waals surface area contributed by atoms with Gasteiger partial charge in [-0.2, -0.15) is 0 Å². The molecule has 8 heteroatoms. The summed E-state index contributed by atoms with van der Waals surface area (Å²) in [7, 11) is -3.74. The summed E-state index contributed by atoms with van der Waals surface area (Å²) >= 11 is 5.68. The lowest BCUT2D eigenvalue weighted by atomic mass is 10.2. The van der Waals surface area contributed by atoms with Crippen LogP contribution in [-0.4, -0.2) is 42.8 Å². The molecule has 1 heterocycles. The van der Waals surface area contributed by atoms with Crippen molar-refractivity contribution in [1.29, 1.82) is 0 Å². The van der Waals surface area contributed by atoms with Crippen LogP contribution in [0.25, 0.3) is 0 Å². The van der Waals surface area contributed by atoms with Crippen molar-refractivity contribution in [3.8, 4) is 0 Å². The zero-order chi connectivity index (χ0) is 15.0. The molecule has 20 heavy (non-hydrogen) atoms. The van der Waals surface area contributed by atoms with Crippen molar-refractivity contribution < 1.29 is 22.8 Å². The minimum atomic E-state index is -3.74. The second kappa shape index (κ2) is 5.33. The van der Waals surface area contributed by atoms with Gasteiger partial charge in [0.05, 0.1) is 12.1 Å². The van der Waals surface area contributed by atoms with E-state index in [4.69, 9.17) is 21.4 Å². The summed E-state index contributed by atoms with van der Waals surface area (Å²) in [4.78, 5) is 15.4. The zero-order valence-electron chi connectivity index (χ0n) is 10.9. The van der Waals surface area contributed by atoms with Crippen LogP contribution in [0, 0.1) is 0 Å². The van der Waals surface area contributed by atoms with Crippen LogP contribution in [0.3, 0.4) is 0 Å². The van der Waals surface area contributed by atoms with Crippen LogP contribution in [0.5, 0.6) is 0 Å². The number of halogens is 1. The third-order valence-electron chi connectivity index (χ3n) is 3.14. The van der Waals surface area contributed by atoms with Gasteiger partial charge in [0, 0.05) is 18.0 Å². The average molecular weight is 320 g/mol. The van der Waals surface area contributed by atoms with E-state index in [1.165, 1.54) is 19.1 Å². The van der Waals surface area contributed by atoms with Crippen molar-refractivity contribution in [2.75, 3.05) is 12.8 Å². The summed E-state index contributed by atoms with van der Waals surface area (Å²) in [6.45, 7) is 1.23. The number of carbonyl (C=O) groups is 1. The molecule has 6 nitrogen and oxygen atoms in total. The van der Waals surface area contributed by atoms with Gasteiger partial charge in [-0.25, -0.2) is 13.2 Å². The number of rotatable bonds is 3.